The highest BCUT2D eigenvalue weighted by atomic mass is 16.5. The van der Waals surface area contributed by atoms with Crippen molar-refractivity contribution < 1.29 is 19.1 Å². The normalized spacial score (nSPS) is 11.7. The lowest BCUT2D eigenvalue weighted by atomic mass is 10.2. The van der Waals surface area contributed by atoms with Crippen molar-refractivity contribution in [2.24, 2.45) is 0 Å². The lowest BCUT2D eigenvalue weighted by Crippen LogP contribution is -2.32. The van der Waals surface area contributed by atoms with Crippen LogP contribution in [-0.2, 0) is 9.53 Å². The maximum atomic E-state index is 12.8. The van der Waals surface area contributed by atoms with E-state index in [9.17, 15) is 9.59 Å². The molecular weight excluding hydrogens is 420 g/mol. The fourth-order valence-corrected chi connectivity index (χ4v) is 3.36. The molecule has 8 heteroatoms. The van der Waals surface area contributed by atoms with E-state index in [0.29, 0.717) is 34.7 Å². The minimum atomic E-state index is -0.939. The first-order chi connectivity index (χ1) is 16.0. The lowest BCUT2D eigenvalue weighted by Gasteiger charge is -2.16. The second-order valence-corrected chi connectivity index (χ2v) is 7.51. The minimum absolute atomic E-state index is 0.327. The van der Waals surface area contributed by atoms with E-state index in [-0.39, 0.29) is 0 Å². The number of hydrogen-bond donors (Lipinski definition) is 2. The van der Waals surface area contributed by atoms with Crippen LogP contribution in [0.15, 0.2) is 60.8 Å². The summed E-state index contributed by atoms with van der Waals surface area (Å²) < 4.78 is 10.7. The molecule has 33 heavy (non-hydrogen) atoms. The molecule has 1 atom stereocenters. The van der Waals surface area contributed by atoms with E-state index in [4.69, 9.17) is 9.47 Å². The van der Waals surface area contributed by atoms with Gasteiger partial charge in [0.1, 0.15) is 17.4 Å². The van der Waals surface area contributed by atoms with Gasteiger partial charge in [-0.05, 0) is 67.4 Å². The molecule has 2 aromatic heterocycles. The summed E-state index contributed by atoms with van der Waals surface area (Å²) in [5.41, 5.74) is 3.45. The number of fused-ring (bicyclic) bond motifs is 1. The Bertz CT molecular complexity index is 1300. The number of amides is 1. The first-order valence-electron chi connectivity index (χ1n) is 10.6. The summed E-state index contributed by atoms with van der Waals surface area (Å²) >= 11 is 0. The van der Waals surface area contributed by atoms with Crippen molar-refractivity contribution in [3.63, 3.8) is 0 Å². The Morgan fingerprint density at radius 1 is 1.12 bits per heavy atom. The molecule has 0 saturated heterocycles. The highest BCUT2D eigenvalue weighted by molar-refractivity contribution is 5.98. The summed E-state index contributed by atoms with van der Waals surface area (Å²) in [6.45, 7) is 3.62. The van der Waals surface area contributed by atoms with Crippen LogP contribution in [0.2, 0.25) is 0 Å². The second kappa shape index (κ2) is 9.52. The highest BCUT2D eigenvalue weighted by Crippen LogP contribution is 2.24. The van der Waals surface area contributed by atoms with Crippen LogP contribution in [0.4, 0.5) is 5.82 Å². The lowest BCUT2D eigenvalue weighted by molar-refractivity contribution is -0.124. The zero-order valence-corrected chi connectivity index (χ0v) is 18.6. The molecular formula is C25H24N4O4. The van der Waals surface area contributed by atoms with E-state index in [2.05, 4.69) is 20.3 Å². The Balaban J connectivity index is 1.49. The number of methoxy groups -OCH3 is 1. The summed E-state index contributed by atoms with van der Waals surface area (Å²) in [5, 5.41) is 2.72. The van der Waals surface area contributed by atoms with Crippen molar-refractivity contribution in [2.45, 2.75) is 26.4 Å². The molecule has 0 aliphatic rings. The van der Waals surface area contributed by atoms with Gasteiger partial charge in [0.15, 0.2) is 6.10 Å². The number of anilines is 1. The van der Waals surface area contributed by atoms with E-state index >= 15 is 0 Å². The van der Waals surface area contributed by atoms with Crippen LogP contribution in [0.25, 0.3) is 22.4 Å². The number of rotatable bonds is 7. The molecule has 0 fully saturated rings. The van der Waals surface area contributed by atoms with Crippen LogP contribution < -0.4 is 10.1 Å². The number of esters is 1. The maximum Gasteiger partial charge on any atom is 0.338 e. The van der Waals surface area contributed by atoms with E-state index in [1.165, 1.54) is 0 Å². The molecule has 1 amide bonds. The van der Waals surface area contributed by atoms with Crippen molar-refractivity contribution in [1.29, 1.82) is 0 Å². The van der Waals surface area contributed by atoms with Gasteiger partial charge >= 0.3 is 5.97 Å². The second-order valence-electron chi connectivity index (χ2n) is 7.51. The van der Waals surface area contributed by atoms with Crippen LogP contribution in [0.3, 0.4) is 0 Å². The number of benzene rings is 2. The molecule has 4 aromatic rings. The monoisotopic (exact) mass is 444 g/mol. The van der Waals surface area contributed by atoms with Gasteiger partial charge in [-0.2, -0.15) is 0 Å². The molecule has 1 unspecified atom stereocenters. The summed E-state index contributed by atoms with van der Waals surface area (Å²) in [4.78, 5) is 37.3. The summed E-state index contributed by atoms with van der Waals surface area (Å²) in [5.74, 6) is 0.874. The van der Waals surface area contributed by atoms with Gasteiger partial charge in [0.05, 0.1) is 23.7 Å². The molecule has 0 spiro atoms. The quantitative estimate of drug-likeness (QED) is 0.406. The molecule has 8 nitrogen and oxygen atoms in total. The number of nitrogens with one attached hydrogen (secondary N) is 2. The van der Waals surface area contributed by atoms with E-state index < -0.39 is 18.0 Å². The van der Waals surface area contributed by atoms with E-state index in [0.717, 1.165) is 16.9 Å². The number of aromatic nitrogens is 3. The molecule has 0 aliphatic heterocycles. The van der Waals surface area contributed by atoms with Crippen LogP contribution in [0.5, 0.6) is 5.75 Å². The average Bonchev–Trinajstić information content (AvgIpc) is 3.27. The third-order valence-corrected chi connectivity index (χ3v) is 5.24. The Kier molecular flexibility index (Phi) is 6.35. The number of carbonyl (C=O) groups is 2. The SMILES string of the molecule is CCC(OC(=O)c1ccc2nc(-c3ccc(OC)cc3)[nH]c2c1)C(=O)Nc1ncccc1C. The van der Waals surface area contributed by atoms with Gasteiger partial charge in [0.25, 0.3) is 5.91 Å². The number of nitrogens with zero attached hydrogens (tertiary/aromatic N) is 2. The van der Waals surface area contributed by atoms with Crippen LogP contribution in [0, 0.1) is 6.92 Å². The molecule has 2 heterocycles. The maximum absolute atomic E-state index is 12.8. The molecule has 0 aliphatic carbocycles. The number of H-pyrrole nitrogens is 1. The summed E-state index contributed by atoms with van der Waals surface area (Å²) in [6.07, 6.45) is 0.985. The van der Waals surface area contributed by atoms with Gasteiger partial charge in [-0.1, -0.05) is 13.0 Å². The van der Waals surface area contributed by atoms with Crippen molar-refractivity contribution >= 4 is 28.7 Å². The topological polar surface area (TPSA) is 106 Å². The number of imidazole rings is 1. The number of pyridine rings is 1. The summed E-state index contributed by atoms with van der Waals surface area (Å²) in [6, 6.07) is 16.2. The van der Waals surface area contributed by atoms with Gasteiger partial charge in [-0.25, -0.2) is 14.8 Å². The van der Waals surface area contributed by atoms with Gasteiger partial charge in [0.2, 0.25) is 0 Å². The standard InChI is InChI=1S/C25H24N4O4/c1-4-21(24(30)29-22-15(2)6-5-13-26-22)33-25(31)17-9-12-19-20(14-17)28-23(27-19)16-7-10-18(32-3)11-8-16/h5-14,21H,4H2,1-3H3,(H,27,28)(H,26,29,30). The van der Waals surface area contributed by atoms with Crippen molar-refractivity contribution in [1.82, 2.24) is 15.0 Å². The predicted molar refractivity (Wildman–Crippen MR) is 125 cm³/mol. The van der Waals surface area contributed by atoms with E-state index in [1.807, 2.05) is 37.3 Å². The smallest absolute Gasteiger partial charge is 0.338 e. The number of ether oxygens (including phenoxy) is 2. The van der Waals surface area contributed by atoms with Crippen LogP contribution in [-0.4, -0.2) is 40.0 Å². The van der Waals surface area contributed by atoms with Crippen molar-refractivity contribution in [3.05, 3.63) is 71.9 Å². The largest absolute Gasteiger partial charge is 0.497 e. The first-order valence-corrected chi connectivity index (χ1v) is 10.6. The van der Waals surface area contributed by atoms with Crippen molar-refractivity contribution in [2.75, 3.05) is 12.4 Å². The van der Waals surface area contributed by atoms with Gasteiger partial charge in [0, 0.05) is 11.8 Å². The fraction of sp³-hybridized carbons (Fsp3) is 0.200. The fourth-order valence-electron chi connectivity index (χ4n) is 3.36. The number of carbonyl (C=O) groups excluding carboxylic acids is 2. The van der Waals surface area contributed by atoms with Gasteiger partial charge in [-0.3, -0.25) is 4.79 Å². The molecule has 4 rings (SSSR count). The van der Waals surface area contributed by atoms with Gasteiger partial charge < -0.3 is 19.8 Å². The molecule has 168 valence electrons. The molecule has 0 bridgehead atoms. The zero-order chi connectivity index (χ0) is 23.4. The van der Waals surface area contributed by atoms with Crippen LogP contribution >= 0.6 is 0 Å². The third kappa shape index (κ3) is 4.85. The highest BCUT2D eigenvalue weighted by Gasteiger charge is 2.23. The van der Waals surface area contributed by atoms with E-state index in [1.54, 1.807) is 44.5 Å². The Morgan fingerprint density at radius 3 is 2.61 bits per heavy atom. The van der Waals surface area contributed by atoms with Gasteiger partial charge in [-0.15, -0.1) is 0 Å². The number of aromatic amines is 1. The predicted octanol–water partition coefficient (Wildman–Crippen LogP) is 4.52. The Morgan fingerprint density at radius 2 is 1.91 bits per heavy atom. The molecule has 2 aromatic carbocycles. The molecule has 0 saturated carbocycles. The molecule has 2 N–H and O–H groups in total. The number of hydrogen-bond acceptors (Lipinski definition) is 6. The Labute approximate surface area is 191 Å². The first kappa shape index (κ1) is 22.0. The number of aryl methyl sites for hydroxylation is 1. The third-order valence-electron chi connectivity index (χ3n) is 5.24. The minimum Gasteiger partial charge on any atom is -0.497 e. The average molecular weight is 444 g/mol. The Hall–Kier alpha value is -4.20. The van der Waals surface area contributed by atoms with Crippen LogP contribution in [0.1, 0.15) is 29.3 Å². The zero-order valence-electron chi connectivity index (χ0n) is 18.6. The molecule has 0 radical (unpaired) electrons. The van der Waals surface area contributed by atoms with Crippen molar-refractivity contribution in [3.8, 4) is 17.1 Å². The summed E-state index contributed by atoms with van der Waals surface area (Å²) in [7, 11) is 1.61.